The Hall–Kier alpha value is -1.10. The molecule has 0 unspecified atom stereocenters. The first-order valence-electron chi connectivity index (χ1n) is 8.29. The van der Waals surface area contributed by atoms with Gasteiger partial charge in [0.1, 0.15) is 0 Å². The van der Waals surface area contributed by atoms with Gasteiger partial charge in [0.05, 0.1) is 0 Å². The van der Waals surface area contributed by atoms with Gasteiger partial charge in [-0.1, -0.05) is 0 Å². The summed E-state index contributed by atoms with van der Waals surface area (Å²) in [5.74, 6) is -24.2. The van der Waals surface area contributed by atoms with Crippen LogP contribution in [0.2, 0.25) is 0 Å². The normalized spacial score (nSPS) is 16.4. The van der Waals surface area contributed by atoms with E-state index >= 15 is 0 Å². The summed E-state index contributed by atoms with van der Waals surface area (Å²) in [5, 5.41) is -24.3. The maximum absolute atomic E-state index is 13.5. The summed E-state index contributed by atoms with van der Waals surface area (Å²) in [6.45, 7) is 0. The van der Waals surface area contributed by atoms with Gasteiger partial charge in [0.15, 0.2) is 0 Å². The van der Waals surface area contributed by atoms with Crippen LogP contribution in [0.5, 0.6) is 0 Å². The molecule has 0 atom stereocenters. The molecule has 43 heavy (non-hydrogen) atoms. The van der Waals surface area contributed by atoms with Crippen LogP contribution in [0.15, 0.2) is 0 Å². The minimum absolute atomic E-state index is 2.15. The van der Waals surface area contributed by atoms with Gasteiger partial charge in [0, 0.05) is 0 Å². The molecule has 0 amide bonds. The Balaban J connectivity index is 7.37. The van der Waals surface area contributed by atoms with E-state index in [9.17, 15) is 117 Å². The summed E-state index contributed by atoms with van der Waals surface area (Å²) in [6, 6.07) is 0. The van der Waals surface area contributed by atoms with Crippen molar-refractivity contribution in [3.63, 3.8) is 0 Å². The number of hydrogen-bond acceptors (Lipinski definition) is 9. The third-order valence-electron chi connectivity index (χ3n) is 3.72. The van der Waals surface area contributed by atoms with Gasteiger partial charge in [0.2, 0.25) is 0 Å². The Kier molecular flexibility index (Phi) is 10.7. The van der Waals surface area contributed by atoms with Crippen molar-refractivity contribution in [3.05, 3.63) is 0 Å². The zero-order chi connectivity index (χ0) is 35.7. The summed E-state index contributed by atoms with van der Waals surface area (Å²) in [5.41, 5.74) is 0. The van der Waals surface area contributed by atoms with Crippen molar-refractivity contribution in [2.45, 2.75) is 52.1 Å². The molecule has 0 aromatic heterocycles. The van der Waals surface area contributed by atoms with E-state index in [0.717, 1.165) is 0 Å². The average Bonchev–Trinajstić information content (AvgIpc) is 2.69. The first kappa shape index (κ1) is 41.9. The zero-order valence-corrected chi connectivity index (χ0v) is 22.8. The van der Waals surface area contributed by atoms with Crippen LogP contribution in [0.3, 0.4) is 0 Å². The topological polar surface area (TPSA) is 130 Å². The van der Waals surface area contributed by atoms with Gasteiger partial charge < -0.3 is 0 Å². The van der Waals surface area contributed by atoms with E-state index in [0.29, 0.717) is 0 Å². The Morgan fingerprint density at radius 2 is 0.465 bits per heavy atom. The van der Waals surface area contributed by atoms with Crippen molar-refractivity contribution in [2.75, 3.05) is 0 Å². The van der Waals surface area contributed by atoms with Crippen molar-refractivity contribution in [1.82, 2.24) is 0 Å². The fourth-order valence-electron chi connectivity index (χ4n) is 1.51. The van der Waals surface area contributed by atoms with E-state index in [1.165, 1.54) is 0 Å². The van der Waals surface area contributed by atoms with Crippen LogP contribution in [0, 0.1) is 0 Å². The van der Waals surface area contributed by atoms with E-state index in [2.05, 4.69) is 8.93 Å². The van der Waals surface area contributed by atoms with Crippen LogP contribution in [-0.4, -0.2) is 94.6 Å². The first-order chi connectivity index (χ1) is 18.0. The SMILES string of the molecule is O=S(=O)([O][Ga]([O]S(=O)(=O)C(F)(F)C(F)(F)C(F)(F)F)[O]S(=O)(=O)C(F)(F)C(F)(F)C(F)(F)F)C(F)(F)C(F)(F)C(F)(F)F. The van der Waals surface area contributed by atoms with Gasteiger partial charge in [-0.25, -0.2) is 0 Å². The second kappa shape index (κ2) is 11.0. The van der Waals surface area contributed by atoms with Crippen molar-refractivity contribution in [3.8, 4) is 0 Å². The molecule has 0 heterocycles. The standard InChI is InChI=1S/3C3HF7O3S.Ga/c3*4-1(5,2(6,7)8)3(9,10)14(11,12)13;/h3*(H,11,12,13);/q;;;+3/p-3. The molecule has 0 aliphatic carbocycles. The molecule has 0 aromatic rings. The van der Waals surface area contributed by atoms with E-state index in [1.54, 1.807) is 0 Å². The molecule has 0 N–H and O–H groups in total. The van der Waals surface area contributed by atoms with Gasteiger partial charge in [0.25, 0.3) is 0 Å². The van der Waals surface area contributed by atoms with E-state index < -0.39 is 99.7 Å². The Morgan fingerprint density at radius 1 is 0.326 bits per heavy atom. The fraction of sp³-hybridized carbons (Fsp3) is 1.00. The quantitative estimate of drug-likeness (QED) is 0.208. The van der Waals surface area contributed by atoms with E-state index in [4.69, 9.17) is 0 Å². The molecule has 34 heteroatoms. The van der Waals surface area contributed by atoms with Crippen molar-refractivity contribution in [1.29, 1.82) is 0 Å². The van der Waals surface area contributed by atoms with Crippen molar-refractivity contribution < 1.29 is 126 Å². The minimum atomic E-state index is -8.77. The molecule has 0 aliphatic rings. The van der Waals surface area contributed by atoms with Gasteiger partial charge >= 0.3 is 226 Å². The zero-order valence-electron chi connectivity index (χ0n) is 17.9. The first-order valence-corrected chi connectivity index (χ1v) is 15.5. The van der Waals surface area contributed by atoms with E-state index in [-0.39, 0.29) is 0 Å². The predicted molar refractivity (Wildman–Crippen MR) is 83.6 cm³/mol. The Morgan fingerprint density at radius 3 is 0.581 bits per heavy atom. The van der Waals surface area contributed by atoms with Crippen molar-refractivity contribution in [2.24, 2.45) is 0 Å². The summed E-state index contributed by atoms with van der Waals surface area (Å²) >= 11 is -8.76. The monoisotopic (exact) mass is 816 g/mol. The summed E-state index contributed by atoms with van der Waals surface area (Å²) < 4.78 is 342. The Bertz CT molecular complexity index is 1190. The average molecular weight is 817 g/mol. The van der Waals surface area contributed by atoms with Crippen LogP contribution in [0.4, 0.5) is 92.2 Å². The second-order valence-electron chi connectivity index (χ2n) is 6.71. The molecule has 0 aromatic carbocycles. The molecule has 9 nitrogen and oxygen atoms in total. The molecular weight excluding hydrogens is 817 g/mol. The summed E-state index contributed by atoms with van der Waals surface area (Å²) in [7, 11) is -26.3. The van der Waals surface area contributed by atoms with Crippen LogP contribution in [0.1, 0.15) is 0 Å². The third-order valence-corrected chi connectivity index (χ3v) is 15.4. The molecule has 0 aliphatic heterocycles. The summed E-state index contributed by atoms with van der Waals surface area (Å²) in [4.78, 5) is 0. The molecular formula is C9F21GaO9S3. The molecule has 258 valence electrons. The Labute approximate surface area is 226 Å². The van der Waals surface area contributed by atoms with Crippen LogP contribution in [0.25, 0.3) is 0 Å². The predicted octanol–water partition coefficient (Wildman–Crippen LogP) is 4.38. The van der Waals surface area contributed by atoms with Crippen LogP contribution >= 0.6 is 0 Å². The molecule has 0 bridgehead atoms. The molecule has 0 rings (SSSR count). The van der Waals surface area contributed by atoms with Gasteiger partial charge in [-0.05, 0) is 0 Å². The molecule has 0 radical (unpaired) electrons. The summed E-state index contributed by atoms with van der Waals surface area (Å²) in [6.07, 6.45) is -23.4. The van der Waals surface area contributed by atoms with Crippen molar-refractivity contribution >= 4 is 47.7 Å². The third kappa shape index (κ3) is 6.87. The number of hydrogen-bond donors (Lipinski definition) is 0. The van der Waals surface area contributed by atoms with Gasteiger partial charge in [-0.2, -0.15) is 0 Å². The molecule has 0 saturated carbocycles. The number of alkyl halides is 21. The molecule has 0 spiro atoms. The maximum atomic E-state index is 13.5. The van der Waals surface area contributed by atoms with Gasteiger partial charge in [-0.3, -0.25) is 0 Å². The number of halogens is 21. The second-order valence-corrected chi connectivity index (χ2v) is 16.4. The number of rotatable bonds is 12. The van der Waals surface area contributed by atoms with Crippen LogP contribution in [-0.2, 0) is 39.3 Å². The fourth-order valence-corrected chi connectivity index (χ4v) is 12.2. The van der Waals surface area contributed by atoms with E-state index in [1.807, 2.05) is 0 Å². The van der Waals surface area contributed by atoms with Crippen LogP contribution < -0.4 is 0 Å². The molecule has 0 fully saturated rings. The van der Waals surface area contributed by atoms with Gasteiger partial charge in [-0.15, -0.1) is 0 Å². The molecule has 0 saturated heterocycles.